The van der Waals surface area contributed by atoms with Gasteiger partial charge in [-0.3, -0.25) is 9.69 Å². The summed E-state index contributed by atoms with van der Waals surface area (Å²) < 4.78 is 0. The van der Waals surface area contributed by atoms with Crippen molar-refractivity contribution in [2.45, 2.75) is 52.7 Å². The molecule has 0 aromatic carbocycles. The first-order valence-corrected chi connectivity index (χ1v) is 6.68. The second-order valence-corrected chi connectivity index (χ2v) is 5.58. The molecule has 1 saturated heterocycles. The van der Waals surface area contributed by atoms with Crippen molar-refractivity contribution < 1.29 is 4.79 Å². The van der Waals surface area contributed by atoms with Gasteiger partial charge in [-0.05, 0) is 34.6 Å². The molecule has 1 fully saturated rings. The smallest absolute Gasteiger partial charge is 0.237 e. The van der Waals surface area contributed by atoms with E-state index in [1.165, 1.54) is 0 Å². The van der Waals surface area contributed by atoms with Crippen LogP contribution in [0.15, 0.2) is 0 Å². The Morgan fingerprint density at radius 1 is 1.35 bits per heavy atom. The topological polar surface area (TPSA) is 35.6 Å². The fourth-order valence-electron chi connectivity index (χ4n) is 2.60. The predicted molar refractivity (Wildman–Crippen MR) is 71.0 cm³/mol. The third-order valence-corrected chi connectivity index (χ3v) is 3.21. The molecule has 1 N–H and O–H groups in total. The summed E-state index contributed by atoms with van der Waals surface area (Å²) in [6.07, 6.45) is 0. The molecule has 1 unspecified atom stereocenters. The number of carbonyl (C=O) groups excluding carboxylic acids is 1. The van der Waals surface area contributed by atoms with E-state index in [2.05, 4.69) is 44.8 Å². The highest BCUT2D eigenvalue weighted by molar-refractivity contribution is 5.78. The van der Waals surface area contributed by atoms with Gasteiger partial charge in [0.2, 0.25) is 5.91 Å². The van der Waals surface area contributed by atoms with Crippen molar-refractivity contribution in [2.24, 2.45) is 0 Å². The third-order valence-electron chi connectivity index (χ3n) is 3.21. The number of amides is 1. The first kappa shape index (κ1) is 14.5. The van der Waals surface area contributed by atoms with Crippen molar-refractivity contribution in [2.75, 3.05) is 26.2 Å². The van der Waals surface area contributed by atoms with Crippen LogP contribution in [0.1, 0.15) is 34.6 Å². The van der Waals surface area contributed by atoms with Crippen LogP contribution >= 0.6 is 0 Å². The Morgan fingerprint density at radius 2 is 1.94 bits per heavy atom. The number of rotatable bonds is 4. The van der Waals surface area contributed by atoms with Crippen LogP contribution < -0.4 is 5.32 Å². The average Bonchev–Trinajstić information content (AvgIpc) is 2.15. The largest absolute Gasteiger partial charge is 0.337 e. The summed E-state index contributed by atoms with van der Waals surface area (Å²) in [6.45, 7) is 14.0. The van der Waals surface area contributed by atoms with Gasteiger partial charge < -0.3 is 10.2 Å². The van der Waals surface area contributed by atoms with Crippen LogP contribution in [0.4, 0.5) is 0 Å². The lowest BCUT2D eigenvalue weighted by Gasteiger charge is -2.36. The van der Waals surface area contributed by atoms with Gasteiger partial charge in [0, 0.05) is 37.8 Å². The Bertz CT molecular complexity index is 245. The molecule has 0 aromatic rings. The molecule has 0 aromatic heterocycles. The highest BCUT2D eigenvalue weighted by Crippen LogP contribution is 2.07. The summed E-state index contributed by atoms with van der Waals surface area (Å²) in [4.78, 5) is 16.5. The predicted octanol–water partition coefficient (Wildman–Crippen LogP) is 0.925. The molecule has 1 atom stereocenters. The van der Waals surface area contributed by atoms with Crippen molar-refractivity contribution in [3.63, 3.8) is 0 Å². The number of piperazine rings is 1. The van der Waals surface area contributed by atoms with E-state index in [1.54, 1.807) is 0 Å². The molecule has 1 amide bonds. The van der Waals surface area contributed by atoms with Crippen LogP contribution in [-0.4, -0.2) is 60.0 Å². The Morgan fingerprint density at radius 3 is 2.41 bits per heavy atom. The summed E-state index contributed by atoms with van der Waals surface area (Å²) >= 11 is 0. The minimum absolute atomic E-state index is 0.254. The minimum atomic E-state index is 0.254. The summed E-state index contributed by atoms with van der Waals surface area (Å²) in [5.41, 5.74) is 0. The fraction of sp³-hybridized carbons (Fsp3) is 0.923. The van der Waals surface area contributed by atoms with Gasteiger partial charge in [0.05, 0.1) is 6.54 Å². The molecule has 1 heterocycles. The molecule has 1 aliphatic rings. The molecular formula is C13H27N3O. The van der Waals surface area contributed by atoms with Gasteiger partial charge in [0.1, 0.15) is 0 Å². The van der Waals surface area contributed by atoms with Crippen molar-refractivity contribution >= 4 is 5.91 Å². The van der Waals surface area contributed by atoms with Crippen molar-refractivity contribution in [1.29, 1.82) is 0 Å². The van der Waals surface area contributed by atoms with E-state index >= 15 is 0 Å². The molecule has 4 nitrogen and oxygen atoms in total. The van der Waals surface area contributed by atoms with Gasteiger partial charge in [-0.25, -0.2) is 0 Å². The monoisotopic (exact) mass is 241 g/mol. The number of nitrogens with one attached hydrogen (secondary N) is 1. The molecule has 1 rings (SSSR count). The van der Waals surface area contributed by atoms with E-state index in [0.717, 1.165) is 19.6 Å². The molecule has 4 heteroatoms. The molecule has 0 radical (unpaired) electrons. The SMILES string of the molecule is CC1CN(CC(=O)N(C(C)C)C(C)C)CCN1. The maximum atomic E-state index is 12.3. The van der Waals surface area contributed by atoms with E-state index in [4.69, 9.17) is 0 Å². The zero-order chi connectivity index (χ0) is 13.0. The summed E-state index contributed by atoms with van der Waals surface area (Å²) in [5.74, 6) is 0.254. The zero-order valence-electron chi connectivity index (χ0n) is 11.9. The molecule has 100 valence electrons. The van der Waals surface area contributed by atoms with Gasteiger partial charge in [-0.1, -0.05) is 0 Å². The summed E-state index contributed by atoms with van der Waals surface area (Å²) in [7, 11) is 0. The van der Waals surface area contributed by atoms with Crippen molar-refractivity contribution in [3.8, 4) is 0 Å². The van der Waals surface area contributed by atoms with Gasteiger partial charge >= 0.3 is 0 Å². The van der Waals surface area contributed by atoms with Crippen LogP contribution in [0, 0.1) is 0 Å². The van der Waals surface area contributed by atoms with E-state index < -0.39 is 0 Å². The van der Waals surface area contributed by atoms with E-state index in [9.17, 15) is 4.79 Å². The van der Waals surface area contributed by atoms with Crippen molar-refractivity contribution in [1.82, 2.24) is 15.1 Å². The lowest BCUT2D eigenvalue weighted by Crippen LogP contribution is -2.53. The van der Waals surface area contributed by atoms with Gasteiger partial charge in [-0.15, -0.1) is 0 Å². The molecular weight excluding hydrogens is 214 g/mol. The molecule has 0 spiro atoms. The van der Waals surface area contributed by atoms with Crippen LogP contribution in [0.2, 0.25) is 0 Å². The summed E-state index contributed by atoms with van der Waals surface area (Å²) in [6, 6.07) is 1.05. The second-order valence-electron chi connectivity index (χ2n) is 5.58. The number of hydrogen-bond donors (Lipinski definition) is 1. The Labute approximate surface area is 105 Å². The number of carbonyl (C=O) groups is 1. The Kier molecular flexibility index (Phi) is 5.40. The van der Waals surface area contributed by atoms with Crippen LogP contribution in [0.25, 0.3) is 0 Å². The molecule has 0 aliphatic carbocycles. The maximum Gasteiger partial charge on any atom is 0.237 e. The fourth-order valence-corrected chi connectivity index (χ4v) is 2.60. The third kappa shape index (κ3) is 4.28. The average molecular weight is 241 g/mol. The van der Waals surface area contributed by atoms with Gasteiger partial charge in [0.15, 0.2) is 0 Å². The lowest BCUT2D eigenvalue weighted by molar-refractivity contribution is -0.136. The van der Waals surface area contributed by atoms with Crippen molar-refractivity contribution in [3.05, 3.63) is 0 Å². The quantitative estimate of drug-likeness (QED) is 0.795. The van der Waals surface area contributed by atoms with Crippen LogP contribution in [0.3, 0.4) is 0 Å². The molecule has 0 bridgehead atoms. The number of nitrogens with zero attached hydrogens (tertiary/aromatic N) is 2. The first-order chi connectivity index (χ1) is 7.91. The van der Waals surface area contributed by atoms with E-state index in [0.29, 0.717) is 12.6 Å². The Balaban J connectivity index is 2.51. The van der Waals surface area contributed by atoms with Gasteiger partial charge in [-0.2, -0.15) is 0 Å². The van der Waals surface area contributed by atoms with Crippen LogP contribution in [-0.2, 0) is 4.79 Å². The minimum Gasteiger partial charge on any atom is -0.337 e. The van der Waals surface area contributed by atoms with E-state index in [-0.39, 0.29) is 18.0 Å². The highest BCUT2D eigenvalue weighted by Gasteiger charge is 2.24. The van der Waals surface area contributed by atoms with E-state index in [1.807, 2.05) is 4.90 Å². The normalized spacial score (nSPS) is 22.2. The molecule has 1 aliphatic heterocycles. The zero-order valence-corrected chi connectivity index (χ0v) is 11.9. The summed E-state index contributed by atoms with van der Waals surface area (Å²) in [5, 5.41) is 3.39. The van der Waals surface area contributed by atoms with Crippen LogP contribution in [0.5, 0.6) is 0 Å². The highest BCUT2D eigenvalue weighted by atomic mass is 16.2. The second kappa shape index (κ2) is 6.36. The standard InChI is InChI=1S/C13H27N3O/c1-10(2)16(11(3)4)13(17)9-15-7-6-14-12(5)8-15/h10-12,14H,6-9H2,1-5H3. The molecule has 17 heavy (non-hydrogen) atoms. The lowest BCUT2D eigenvalue weighted by atomic mass is 10.2. The maximum absolute atomic E-state index is 12.3. The van der Waals surface area contributed by atoms with Gasteiger partial charge in [0.25, 0.3) is 0 Å². The molecule has 0 saturated carbocycles. The number of hydrogen-bond acceptors (Lipinski definition) is 3. The Hall–Kier alpha value is -0.610. The first-order valence-electron chi connectivity index (χ1n) is 6.68.